The summed E-state index contributed by atoms with van der Waals surface area (Å²) in [4.78, 5) is 4.92. The first-order valence-corrected chi connectivity index (χ1v) is 9.38. The number of benzene rings is 3. The van der Waals surface area contributed by atoms with Gasteiger partial charge in [0, 0.05) is 22.6 Å². The summed E-state index contributed by atoms with van der Waals surface area (Å²) < 4.78 is 0. The molecule has 0 amide bonds. The smallest absolute Gasteiger partial charge is 0.116 e. The minimum Gasteiger partial charge on any atom is -0.508 e. The van der Waals surface area contributed by atoms with E-state index in [1.165, 1.54) is 0 Å². The first-order chi connectivity index (χ1) is 13.6. The highest BCUT2D eigenvalue weighted by atomic mass is 35.5. The zero-order chi connectivity index (χ0) is 19.3. The standard InChI is InChI=1S/C24H16ClNO2/c25-17-3-1-2-15(10-17)20-13-23(14-4-7-18(27)8-5-14)26-24-21-12-19(28)9-6-16(21)11-22(20)24/h1-10,12-13,27-28H,11H2. The van der Waals surface area contributed by atoms with Gasteiger partial charge < -0.3 is 10.2 Å². The minimum atomic E-state index is 0.218. The molecule has 1 heterocycles. The fraction of sp³-hybridized carbons (Fsp3) is 0.0417. The van der Waals surface area contributed by atoms with Gasteiger partial charge >= 0.3 is 0 Å². The number of phenols is 2. The Hall–Kier alpha value is -3.30. The van der Waals surface area contributed by atoms with Crippen LogP contribution in [-0.4, -0.2) is 15.2 Å². The molecule has 1 aromatic heterocycles. The number of hydrogen-bond acceptors (Lipinski definition) is 3. The molecule has 0 radical (unpaired) electrons. The average Bonchev–Trinajstić information content (AvgIpc) is 3.06. The lowest BCUT2D eigenvalue weighted by Crippen LogP contribution is -1.94. The van der Waals surface area contributed by atoms with Gasteiger partial charge in [-0.15, -0.1) is 0 Å². The van der Waals surface area contributed by atoms with Crippen molar-refractivity contribution in [3.63, 3.8) is 0 Å². The molecule has 28 heavy (non-hydrogen) atoms. The Balaban J connectivity index is 1.78. The monoisotopic (exact) mass is 385 g/mol. The van der Waals surface area contributed by atoms with Crippen LogP contribution in [0.1, 0.15) is 11.1 Å². The normalized spacial score (nSPS) is 11.9. The molecule has 0 spiro atoms. The second-order valence-electron chi connectivity index (χ2n) is 6.96. The summed E-state index contributed by atoms with van der Waals surface area (Å²) in [7, 11) is 0. The molecular weight excluding hydrogens is 370 g/mol. The van der Waals surface area contributed by atoms with Crippen LogP contribution in [-0.2, 0) is 6.42 Å². The van der Waals surface area contributed by atoms with E-state index in [4.69, 9.17) is 16.6 Å². The molecule has 0 saturated carbocycles. The van der Waals surface area contributed by atoms with Gasteiger partial charge in [0.15, 0.2) is 0 Å². The van der Waals surface area contributed by atoms with E-state index in [1.807, 2.05) is 42.5 Å². The van der Waals surface area contributed by atoms with Gasteiger partial charge in [-0.25, -0.2) is 4.98 Å². The Labute approximate surface area is 167 Å². The molecular formula is C24H16ClNO2. The molecule has 0 aliphatic heterocycles. The van der Waals surface area contributed by atoms with E-state index in [0.29, 0.717) is 5.02 Å². The van der Waals surface area contributed by atoms with E-state index in [-0.39, 0.29) is 11.5 Å². The van der Waals surface area contributed by atoms with Crippen molar-refractivity contribution in [2.45, 2.75) is 6.42 Å². The van der Waals surface area contributed by atoms with Crippen LogP contribution >= 0.6 is 11.6 Å². The number of hydrogen-bond donors (Lipinski definition) is 2. The molecule has 1 aliphatic rings. The van der Waals surface area contributed by atoms with E-state index >= 15 is 0 Å². The third-order valence-electron chi connectivity index (χ3n) is 5.14. The van der Waals surface area contributed by atoms with Crippen LogP contribution in [0.25, 0.3) is 33.6 Å². The van der Waals surface area contributed by atoms with E-state index in [2.05, 4.69) is 6.07 Å². The van der Waals surface area contributed by atoms with Gasteiger partial charge in [-0.05, 0) is 76.9 Å². The van der Waals surface area contributed by atoms with Crippen molar-refractivity contribution >= 4 is 11.6 Å². The van der Waals surface area contributed by atoms with Gasteiger partial charge in [-0.1, -0.05) is 29.8 Å². The Bertz CT molecular complexity index is 1220. The van der Waals surface area contributed by atoms with E-state index in [1.54, 1.807) is 24.3 Å². The molecule has 2 N–H and O–H groups in total. The van der Waals surface area contributed by atoms with Gasteiger partial charge in [0.25, 0.3) is 0 Å². The molecule has 4 aromatic rings. The van der Waals surface area contributed by atoms with Gasteiger partial charge in [0.05, 0.1) is 11.4 Å². The number of fused-ring (bicyclic) bond motifs is 3. The van der Waals surface area contributed by atoms with Gasteiger partial charge in [0.1, 0.15) is 11.5 Å². The van der Waals surface area contributed by atoms with Crippen LogP contribution in [0.15, 0.2) is 72.8 Å². The molecule has 0 atom stereocenters. The van der Waals surface area contributed by atoms with Crippen LogP contribution in [0.2, 0.25) is 5.02 Å². The highest BCUT2D eigenvalue weighted by Crippen LogP contribution is 2.43. The summed E-state index contributed by atoms with van der Waals surface area (Å²) in [6.45, 7) is 0. The lowest BCUT2D eigenvalue weighted by Gasteiger charge is -2.13. The molecule has 0 fully saturated rings. The van der Waals surface area contributed by atoms with Gasteiger partial charge in [-0.3, -0.25) is 0 Å². The first-order valence-electron chi connectivity index (χ1n) is 9.00. The van der Waals surface area contributed by atoms with Crippen molar-refractivity contribution in [2.24, 2.45) is 0 Å². The maximum Gasteiger partial charge on any atom is 0.116 e. The average molecular weight is 386 g/mol. The zero-order valence-electron chi connectivity index (χ0n) is 14.9. The molecule has 1 aliphatic carbocycles. The highest BCUT2D eigenvalue weighted by molar-refractivity contribution is 6.30. The molecule has 5 rings (SSSR count). The van der Waals surface area contributed by atoms with Crippen molar-refractivity contribution in [2.75, 3.05) is 0 Å². The number of phenolic OH excluding ortho intramolecular Hbond substituents is 2. The molecule has 0 saturated heterocycles. The zero-order valence-corrected chi connectivity index (χ0v) is 15.6. The second kappa shape index (κ2) is 6.39. The van der Waals surface area contributed by atoms with Crippen LogP contribution in [0.5, 0.6) is 11.5 Å². The van der Waals surface area contributed by atoms with Crippen LogP contribution in [0.4, 0.5) is 0 Å². The highest BCUT2D eigenvalue weighted by Gasteiger charge is 2.25. The lowest BCUT2D eigenvalue weighted by molar-refractivity contribution is 0.475. The third kappa shape index (κ3) is 2.81. The van der Waals surface area contributed by atoms with Crippen LogP contribution in [0, 0.1) is 0 Å². The molecule has 4 heteroatoms. The van der Waals surface area contributed by atoms with E-state index in [9.17, 15) is 10.2 Å². The fourth-order valence-electron chi connectivity index (χ4n) is 3.80. The molecule has 0 bridgehead atoms. The summed E-state index contributed by atoms with van der Waals surface area (Å²) in [5.41, 5.74) is 7.94. The predicted molar refractivity (Wildman–Crippen MR) is 112 cm³/mol. The van der Waals surface area contributed by atoms with Crippen molar-refractivity contribution in [3.05, 3.63) is 88.9 Å². The largest absolute Gasteiger partial charge is 0.508 e. The minimum absolute atomic E-state index is 0.218. The second-order valence-corrected chi connectivity index (χ2v) is 7.39. The summed E-state index contributed by atoms with van der Waals surface area (Å²) >= 11 is 6.25. The van der Waals surface area contributed by atoms with Crippen molar-refractivity contribution in [3.8, 4) is 45.1 Å². The summed E-state index contributed by atoms with van der Waals surface area (Å²) in [6, 6.07) is 22.3. The van der Waals surface area contributed by atoms with E-state index in [0.717, 1.165) is 51.2 Å². The Morgan fingerprint density at radius 2 is 1.54 bits per heavy atom. The number of aromatic hydroxyl groups is 2. The summed E-state index contributed by atoms with van der Waals surface area (Å²) in [6.07, 6.45) is 0.760. The summed E-state index contributed by atoms with van der Waals surface area (Å²) in [5, 5.41) is 20.3. The van der Waals surface area contributed by atoms with Crippen LogP contribution < -0.4 is 0 Å². The van der Waals surface area contributed by atoms with E-state index < -0.39 is 0 Å². The molecule has 3 nitrogen and oxygen atoms in total. The van der Waals surface area contributed by atoms with Crippen molar-refractivity contribution < 1.29 is 10.2 Å². The Morgan fingerprint density at radius 1 is 0.750 bits per heavy atom. The third-order valence-corrected chi connectivity index (χ3v) is 5.37. The lowest BCUT2D eigenvalue weighted by atomic mass is 9.96. The maximum absolute atomic E-state index is 9.99. The van der Waals surface area contributed by atoms with Crippen LogP contribution in [0.3, 0.4) is 0 Å². The van der Waals surface area contributed by atoms with Crippen molar-refractivity contribution in [1.82, 2.24) is 4.98 Å². The SMILES string of the molecule is Oc1ccc(-c2cc(-c3cccc(Cl)c3)c3c(n2)-c2cc(O)ccc2C3)cc1. The van der Waals surface area contributed by atoms with Crippen molar-refractivity contribution in [1.29, 1.82) is 0 Å². The topological polar surface area (TPSA) is 53.4 Å². The maximum atomic E-state index is 9.99. The molecule has 0 unspecified atom stereocenters. The molecule has 136 valence electrons. The Morgan fingerprint density at radius 3 is 2.32 bits per heavy atom. The molecule has 3 aromatic carbocycles. The number of halogens is 1. The number of rotatable bonds is 2. The quantitative estimate of drug-likeness (QED) is 0.389. The van der Waals surface area contributed by atoms with Gasteiger partial charge in [0.2, 0.25) is 0 Å². The Kier molecular flexibility index (Phi) is 3.85. The fourth-order valence-corrected chi connectivity index (χ4v) is 3.99. The number of pyridine rings is 1. The number of aromatic nitrogens is 1. The summed E-state index contributed by atoms with van der Waals surface area (Å²) in [5.74, 6) is 0.447. The number of nitrogens with zero attached hydrogens (tertiary/aromatic N) is 1. The first kappa shape index (κ1) is 16.8. The predicted octanol–water partition coefficient (Wildman–Crippen LogP) is 6.05. The van der Waals surface area contributed by atoms with Gasteiger partial charge in [-0.2, -0.15) is 0 Å².